The van der Waals surface area contributed by atoms with E-state index in [1.807, 2.05) is 13.8 Å². The molecule has 1 fully saturated rings. The van der Waals surface area contributed by atoms with Crippen molar-refractivity contribution in [3.8, 4) is 0 Å². The maximum absolute atomic E-state index is 12.1. The van der Waals surface area contributed by atoms with Gasteiger partial charge in [0.25, 0.3) is 5.91 Å². The summed E-state index contributed by atoms with van der Waals surface area (Å²) in [5, 5.41) is 8.85. The first kappa shape index (κ1) is 14.0. The molecule has 1 amide bonds. The van der Waals surface area contributed by atoms with Gasteiger partial charge in [-0.25, -0.2) is 0 Å². The number of carbonyl (C=O) groups excluding carboxylic acids is 1. The molecule has 0 spiro atoms. The number of likely N-dealkylation sites (N-methyl/N-ethyl adjacent to an activating group) is 1. The zero-order valence-electron chi connectivity index (χ0n) is 10.7. The lowest BCUT2D eigenvalue weighted by Gasteiger charge is -2.25. The minimum atomic E-state index is -0.878. The summed E-state index contributed by atoms with van der Waals surface area (Å²) in [5.41, 5.74) is 0. The van der Waals surface area contributed by atoms with Gasteiger partial charge in [0.05, 0.1) is 12.0 Å². The molecule has 5 nitrogen and oxygen atoms in total. The molecule has 3 unspecified atom stereocenters. The average molecular weight is 243 g/mol. The van der Waals surface area contributed by atoms with Crippen LogP contribution in [0.3, 0.4) is 0 Å². The van der Waals surface area contributed by atoms with Crippen molar-refractivity contribution in [2.75, 3.05) is 13.1 Å². The molecule has 98 valence electrons. The lowest BCUT2D eigenvalue weighted by Crippen LogP contribution is -2.42. The van der Waals surface area contributed by atoms with Crippen molar-refractivity contribution in [2.24, 2.45) is 5.92 Å². The van der Waals surface area contributed by atoms with E-state index in [2.05, 4.69) is 0 Å². The molecule has 0 aromatic heterocycles. The van der Waals surface area contributed by atoms with Crippen LogP contribution < -0.4 is 0 Å². The van der Waals surface area contributed by atoms with E-state index in [-0.39, 0.29) is 24.7 Å². The van der Waals surface area contributed by atoms with Gasteiger partial charge in [-0.05, 0) is 26.7 Å². The van der Waals surface area contributed by atoms with Gasteiger partial charge in [-0.15, -0.1) is 0 Å². The molecule has 1 heterocycles. The van der Waals surface area contributed by atoms with E-state index in [9.17, 15) is 9.59 Å². The average Bonchev–Trinajstić information content (AvgIpc) is 2.71. The Labute approximate surface area is 102 Å². The number of aliphatic carboxylic acids is 1. The van der Waals surface area contributed by atoms with E-state index in [1.54, 1.807) is 11.8 Å². The van der Waals surface area contributed by atoms with Gasteiger partial charge in [-0.3, -0.25) is 9.59 Å². The Bertz CT molecular complexity index is 292. The lowest BCUT2D eigenvalue weighted by molar-refractivity contribution is -0.146. The second kappa shape index (κ2) is 6.00. The van der Waals surface area contributed by atoms with Crippen LogP contribution in [0.4, 0.5) is 0 Å². The van der Waals surface area contributed by atoms with Crippen LogP contribution in [0.25, 0.3) is 0 Å². The van der Waals surface area contributed by atoms with Crippen LogP contribution in [0.5, 0.6) is 0 Å². The molecule has 0 aromatic rings. The molecule has 3 atom stereocenters. The second-order valence-electron chi connectivity index (χ2n) is 4.63. The molecule has 1 N–H and O–H groups in total. The predicted molar refractivity (Wildman–Crippen MR) is 62.6 cm³/mol. The van der Waals surface area contributed by atoms with E-state index in [0.29, 0.717) is 6.54 Å². The maximum Gasteiger partial charge on any atom is 0.308 e. The van der Waals surface area contributed by atoms with Gasteiger partial charge in [0, 0.05) is 13.1 Å². The summed E-state index contributed by atoms with van der Waals surface area (Å²) in [5.74, 6) is -1.50. The number of carbonyl (C=O) groups is 2. The molecule has 0 bridgehead atoms. The quantitative estimate of drug-likeness (QED) is 0.785. The molecule has 0 radical (unpaired) electrons. The highest BCUT2D eigenvalue weighted by Gasteiger charge is 2.32. The van der Waals surface area contributed by atoms with E-state index in [1.165, 1.54) is 0 Å². The molecule has 1 aliphatic rings. The summed E-state index contributed by atoms with van der Waals surface area (Å²) in [6.45, 7) is 6.17. The molecule has 17 heavy (non-hydrogen) atoms. The lowest BCUT2D eigenvalue weighted by atomic mass is 10.1. The number of ether oxygens (including phenoxy) is 1. The third-order valence-corrected chi connectivity index (χ3v) is 3.12. The third-order valence-electron chi connectivity index (χ3n) is 3.12. The van der Waals surface area contributed by atoms with Crippen LogP contribution >= 0.6 is 0 Å². The third kappa shape index (κ3) is 3.70. The molecule has 0 aromatic carbocycles. The van der Waals surface area contributed by atoms with E-state index in [0.717, 1.165) is 12.8 Å². The largest absolute Gasteiger partial charge is 0.481 e. The predicted octanol–water partition coefficient (Wildman–Crippen LogP) is 1.12. The number of amides is 1. The summed E-state index contributed by atoms with van der Waals surface area (Å²) in [4.78, 5) is 24.4. The Morgan fingerprint density at radius 3 is 2.53 bits per heavy atom. The van der Waals surface area contributed by atoms with Crippen molar-refractivity contribution in [1.82, 2.24) is 4.90 Å². The van der Waals surface area contributed by atoms with Crippen molar-refractivity contribution in [3.63, 3.8) is 0 Å². The van der Waals surface area contributed by atoms with Crippen molar-refractivity contribution < 1.29 is 19.4 Å². The molecular weight excluding hydrogens is 222 g/mol. The number of nitrogens with zero attached hydrogens (tertiary/aromatic N) is 1. The highest BCUT2D eigenvalue weighted by molar-refractivity contribution is 5.82. The fourth-order valence-corrected chi connectivity index (χ4v) is 1.97. The highest BCUT2D eigenvalue weighted by Crippen LogP contribution is 2.21. The normalized spacial score (nSPS) is 25.6. The van der Waals surface area contributed by atoms with E-state index < -0.39 is 11.9 Å². The Balaban J connectivity index is 2.55. The molecule has 0 saturated carbocycles. The summed E-state index contributed by atoms with van der Waals surface area (Å²) < 4.78 is 5.51. The molecule has 1 saturated heterocycles. The number of carboxylic acid groups (broad SMARTS) is 1. The number of hydrogen-bond donors (Lipinski definition) is 1. The van der Waals surface area contributed by atoms with Gasteiger partial charge in [-0.1, -0.05) is 6.92 Å². The number of rotatable bonds is 5. The minimum absolute atomic E-state index is 0.0787. The monoisotopic (exact) mass is 243 g/mol. The van der Waals surface area contributed by atoms with Gasteiger partial charge in [0.15, 0.2) is 0 Å². The second-order valence-corrected chi connectivity index (χ2v) is 4.63. The van der Waals surface area contributed by atoms with Gasteiger partial charge in [0.2, 0.25) is 0 Å². The fourth-order valence-electron chi connectivity index (χ4n) is 1.97. The molecule has 5 heteroatoms. The van der Waals surface area contributed by atoms with Gasteiger partial charge in [0.1, 0.15) is 6.10 Å². The zero-order chi connectivity index (χ0) is 13.0. The smallest absolute Gasteiger partial charge is 0.308 e. The standard InChI is InChI=1S/C12H21NO4/c1-4-13(7-8(2)12(15)16)11(14)10-6-5-9(3)17-10/h8-10H,4-7H2,1-3H3,(H,15,16). The van der Waals surface area contributed by atoms with Crippen molar-refractivity contribution in [1.29, 1.82) is 0 Å². The number of carboxylic acids is 1. The van der Waals surface area contributed by atoms with Crippen LogP contribution in [0.2, 0.25) is 0 Å². The fraction of sp³-hybridized carbons (Fsp3) is 0.833. The maximum atomic E-state index is 12.1. The Morgan fingerprint density at radius 2 is 2.12 bits per heavy atom. The topological polar surface area (TPSA) is 66.8 Å². The molecule has 1 rings (SSSR count). The Hall–Kier alpha value is -1.10. The molecule has 1 aliphatic heterocycles. The summed E-state index contributed by atoms with van der Waals surface area (Å²) in [6, 6.07) is 0. The summed E-state index contributed by atoms with van der Waals surface area (Å²) >= 11 is 0. The Kier molecular flexibility index (Phi) is 4.93. The van der Waals surface area contributed by atoms with E-state index in [4.69, 9.17) is 9.84 Å². The summed E-state index contributed by atoms with van der Waals surface area (Å²) in [6.07, 6.45) is 1.37. The first-order valence-electron chi connectivity index (χ1n) is 6.12. The van der Waals surface area contributed by atoms with Crippen LogP contribution in [0, 0.1) is 5.92 Å². The van der Waals surface area contributed by atoms with Crippen LogP contribution in [0.1, 0.15) is 33.6 Å². The van der Waals surface area contributed by atoms with Crippen molar-refractivity contribution in [2.45, 2.75) is 45.8 Å². The highest BCUT2D eigenvalue weighted by atomic mass is 16.5. The van der Waals surface area contributed by atoms with Gasteiger partial charge < -0.3 is 14.7 Å². The first-order valence-corrected chi connectivity index (χ1v) is 6.12. The van der Waals surface area contributed by atoms with Crippen molar-refractivity contribution in [3.05, 3.63) is 0 Å². The first-order chi connectivity index (χ1) is 7.95. The van der Waals surface area contributed by atoms with Crippen LogP contribution in [-0.2, 0) is 14.3 Å². The SMILES string of the molecule is CCN(CC(C)C(=O)O)C(=O)C1CCC(C)O1. The van der Waals surface area contributed by atoms with Crippen LogP contribution in [0.15, 0.2) is 0 Å². The summed E-state index contributed by atoms with van der Waals surface area (Å²) in [7, 11) is 0. The number of hydrogen-bond acceptors (Lipinski definition) is 3. The van der Waals surface area contributed by atoms with E-state index >= 15 is 0 Å². The van der Waals surface area contributed by atoms with Gasteiger partial charge in [-0.2, -0.15) is 0 Å². The zero-order valence-corrected chi connectivity index (χ0v) is 10.7. The molecule has 0 aliphatic carbocycles. The van der Waals surface area contributed by atoms with Crippen molar-refractivity contribution >= 4 is 11.9 Å². The Morgan fingerprint density at radius 1 is 1.47 bits per heavy atom. The van der Waals surface area contributed by atoms with Crippen LogP contribution in [-0.4, -0.2) is 47.2 Å². The minimum Gasteiger partial charge on any atom is -0.481 e. The molecular formula is C12H21NO4. The van der Waals surface area contributed by atoms with Gasteiger partial charge >= 0.3 is 5.97 Å².